The Morgan fingerprint density at radius 3 is 1.13 bits per heavy atom. The van der Waals surface area contributed by atoms with Gasteiger partial charge in [-0.25, -0.2) is 0 Å². The first-order valence-corrected chi connectivity index (χ1v) is 10.2. The molecule has 1 radical (unpaired) electrons. The van der Waals surface area contributed by atoms with Gasteiger partial charge in [-0.2, -0.15) is 0 Å². The van der Waals surface area contributed by atoms with Gasteiger partial charge in [0.1, 0.15) is 11.5 Å². The van der Waals surface area contributed by atoms with Gasteiger partial charge in [0.05, 0.1) is 0 Å². The van der Waals surface area contributed by atoms with Crippen molar-refractivity contribution in [2.24, 2.45) is 0 Å². The van der Waals surface area contributed by atoms with Gasteiger partial charge in [0.15, 0.2) is 0 Å². The molecule has 31 heavy (non-hydrogen) atoms. The zero-order chi connectivity index (χ0) is 21.1. The highest BCUT2D eigenvalue weighted by Gasteiger charge is 2.10. The van der Waals surface area contributed by atoms with E-state index in [0.29, 0.717) is 11.5 Å². The van der Waals surface area contributed by atoms with Gasteiger partial charge >= 0.3 is 7.69 Å². The van der Waals surface area contributed by atoms with Crippen molar-refractivity contribution < 1.29 is 9.31 Å². The van der Waals surface area contributed by atoms with Crippen LogP contribution in [0, 0.1) is 0 Å². The maximum absolute atomic E-state index is 5.99. The van der Waals surface area contributed by atoms with Crippen LogP contribution in [0.4, 0.5) is 0 Å². The normalized spacial score (nSPS) is 11.6. The zero-order valence-electron chi connectivity index (χ0n) is 17.1. The Morgan fingerprint density at radius 2 is 0.774 bits per heavy atom. The SMILES string of the molecule is [B](OC(=Cc1ccccc1)c1ccccc1)OC(=Cc1ccccc1)c1ccccc1. The van der Waals surface area contributed by atoms with Gasteiger partial charge in [-0.05, 0) is 23.3 Å². The summed E-state index contributed by atoms with van der Waals surface area (Å²) in [6, 6.07) is 40.2. The Hall–Kier alpha value is -3.98. The van der Waals surface area contributed by atoms with Crippen LogP contribution in [0.3, 0.4) is 0 Å². The summed E-state index contributed by atoms with van der Waals surface area (Å²) >= 11 is 0. The minimum Gasteiger partial charge on any atom is -0.526 e. The van der Waals surface area contributed by atoms with Gasteiger partial charge in [-0.3, -0.25) is 0 Å². The summed E-state index contributed by atoms with van der Waals surface area (Å²) in [5, 5.41) is 0. The summed E-state index contributed by atoms with van der Waals surface area (Å²) in [5.74, 6) is 1.41. The molecule has 149 valence electrons. The van der Waals surface area contributed by atoms with E-state index in [4.69, 9.17) is 9.31 Å². The summed E-state index contributed by atoms with van der Waals surface area (Å²) in [6.45, 7) is 0. The number of hydrogen-bond acceptors (Lipinski definition) is 2. The minimum atomic E-state index is 0.707. The molecule has 4 rings (SSSR count). The van der Waals surface area contributed by atoms with E-state index in [9.17, 15) is 0 Å². The standard InChI is InChI=1S/C28H22BO2/c1-5-13-23(14-6-1)21-27(25-17-9-3-10-18-25)30-29-31-28(26-19-11-4-12-20-26)22-24-15-7-2-8-16-24/h1-22H. The van der Waals surface area contributed by atoms with Crippen molar-refractivity contribution in [1.29, 1.82) is 0 Å². The lowest BCUT2D eigenvalue weighted by Gasteiger charge is -2.13. The molecule has 0 atom stereocenters. The maximum atomic E-state index is 5.99. The van der Waals surface area contributed by atoms with Crippen molar-refractivity contribution in [2.45, 2.75) is 0 Å². The van der Waals surface area contributed by atoms with Crippen LogP contribution < -0.4 is 0 Å². The molecule has 0 aliphatic heterocycles. The smallest absolute Gasteiger partial charge is 0.526 e. The van der Waals surface area contributed by atoms with E-state index in [1.165, 1.54) is 7.69 Å². The third-order valence-corrected chi connectivity index (χ3v) is 4.66. The van der Waals surface area contributed by atoms with E-state index in [2.05, 4.69) is 0 Å². The van der Waals surface area contributed by atoms with Gasteiger partial charge < -0.3 is 9.31 Å². The predicted octanol–water partition coefficient (Wildman–Crippen LogP) is 6.95. The van der Waals surface area contributed by atoms with Crippen LogP contribution in [0.5, 0.6) is 0 Å². The molecule has 0 N–H and O–H groups in total. The molecule has 4 aromatic rings. The van der Waals surface area contributed by atoms with E-state index < -0.39 is 0 Å². The second-order valence-corrected chi connectivity index (χ2v) is 6.90. The maximum Gasteiger partial charge on any atom is 0.658 e. The van der Waals surface area contributed by atoms with Crippen molar-refractivity contribution in [1.82, 2.24) is 0 Å². The highest BCUT2D eigenvalue weighted by molar-refractivity contribution is 6.23. The van der Waals surface area contributed by atoms with Crippen LogP contribution in [0.1, 0.15) is 22.3 Å². The Bertz CT molecular complexity index is 1030. The molecule has 0 amide bonds. The molecule has 0 bridgehead atoms. The van der Waals surface area contributed by atoms with Gasteiger partial charge in [0, 0.05) is 11.1 Å². The van der Waals surface area contributed by atoms with E-state index >= 15 is 0 Å². The van der Waals surface area contributed by atoms with Gasteiger partial charge in [-0.15, -0.1) is 0 Å². The summed E-state index contributed by atoms with van der Waals surface area (Å²) in [6.07, 6.45) is 4.00. The lowest BCUT2D eigenvalue weighted by molar-refractivity contribution is 0.414. The third kappa shape index (κ3) is 6.00. The zero-order valence-corrected chi connectivity index (χ0v) is 17.1. The molecule has 0 aliphatic rings. The van der Waals surface area contributed by atoms with Crippen LogP contribution in [0.25, 0.3) is 23.7 Å². The van der Waals surface area contributed by atoms with Crippen LogP contribution in [-0.4, -0.2) is 7.69 Å². The summed E-state index contributed by atoms with van der Waals surface area (Å²) in [5.41, 5.74) is 4.05. The van der Waals surface area contributed by atoms with Crippen molar-refractivity contribution >= 4 is 31.4 Å². The third-order valence-electron chi connectivity index (χ3n) is 4.66. The van der Waals surface area contributed by atoms with E-state index in [0.717, 1.165) is 22.3 Å². The molecule has 2 nitrogen and oxygen atoms in total. The molecule has 0 spiro atoms. The first-order chi connectivity index (χ1) is 15.4. The van der Waals surface area contributed by atoms with Crippen molar-refractivity contribution in [3.8, 4) is 0 Å². The highest BCUT2D eigenvalue weighted by atomic mass is 16.6. The molecule has 0 saturated heterocycles. The number of rotatable bonds is 8. The highest BCUT2D eigenvalue weighted by Crippen LogP contribution is 2.22. The average Bonchev–Trinajstić information content (AvgIpc) is 2.85. The Balaban J connectivity index is 1.55. The molecule has 0 aliphatic carbocycles. The van der Waals surface area contributed by atoms with Crippen molar-refractivity contribution in [3.63, 3.8) is 0 Å². The largest absolute Gasteiger partial charge is 0.658 e. The minimum absolute atomic E-state index is 0.707. The molecule has 3 heteroatoms. The fourth-order valence-electron chi connectivity index (χ4n) is 3.10. The lowest BCUT2D eigenvalue weighted by atomic mass is 10.1. The monoisotopic (exact) mass is 401 g/mol. The van der Waals surface area contributed by atoms with Crippen molar-refractivity contribution in [2.75, 3.05) is 0 Å². The fraction of sp³-hybridized carbons (Fsp3) is 0. The topological polar surface area (TPSA) is 18.5 Å². The van der Waals surface area contributed by atoms with Gasteiger partial charge in [0.2, 0.25) is 0 Å². The molecule has 0 saturated carbocycles. The van der Waals surface area contributed by atoms with Crippen LogP contribution in [0.15, 0.2) is 121 Å². The van der Waals surface area contributed by atoms with Crippen LogP contribution in [-0.2, 0) is 9.31 Å². The van der Waals surface area contributed by atoms with E-state index in [-0.39, 0.29) is 0 Å². The van der Waals surface area contributed by atoms with Crippen LogP contribution in [0.2, 0.25) is 0 Å². The number of hydrogen-bond donors (Lipinski definition) is 0. The van der Waals surface area contributed by atoms with Gasteiger partial charge in [0.25, 0.3) is 0 Å². The molecular weight excluding hydrogens is 379 g/mol. The second-order valence-electron chi connectivity index (χ2n) is 6.90. The summed E-state index contributed by atoms with van der Waals surface area (Å²) in [4.78, 5) is 0. The molecule has 0 unspecified atom stereocenters. The Morgan fingerprint density at radius 1 is 0.452 bits per heavy atom. The second kappa shape index (κ2) is 10.7. The van der Waals surface area contributed by atoms with Crippen LogP contribution >= 0.6 is 0 Å². The fourth-order valence-corrected chi connectivity index (χ4v) is 3.10. The predicted molar refractivity (Wildman–Crippen MR) is 129 cm³/mol. The number of benzene rings is 4. The Kier molecular flexibility index (Phi) is 7.01. The molecule has 4 aromatic carbocycles. The molecular formula is C28H22BO2. The summed E-state index contributed by atoms with van der Waals surface area (Å²) in [7, 11) is 1.39. The molecule has 0 heterocycles. The van der Waals surface area contributed by atoms with E-state index in [1.54, 1.807) is 0 Å². The first kappa shape index (κ1) is 20.3. The lowest BCUT2D eigenvalue weighted by Crippen LogP contribution is -2.04. The molecule has 0 fully saturated rings. The van der Waals surface area contributed by atoms with Gasteiger partial charge in [-0.1, -0.05) is 121 Å². The quantitative estimate of drug-likeness (QED) is 0.181. The Labute approximate surface area is 184 Å². The first-order valence-electron chi connectivity index (χ1n) is 10.2. The molecule has 0 aromatic heterocycles. The average molecular weight is 401 g/mol. The van der Waals surface area contributed by atoms with Crippen molar-refractivity contribution in [3.05, 3.63) is 144 Å². The van der Waals surface area contributed by atoms with E-state index in [1.807, 2.05) is 133 Å². The summed E-state index contributed by atoms with van der Waals surface area (Å²) < 4.78 is 12.0.